The van der Waals surface area contributed by atoms with Crippen LogP contribution < -0.4 is 4.74 Å². The largest absolute Gasteiger partial charge is 0.504 e. The Balaban J connectivity index is 2.64. The lowest BCUT2D eigenvalue weighted by atomic mass is 9.72. The smallest absolute Gasteiger partial charge is 0.235 e. The van der Waals surface area contributed by atoms with E-state index in [1.807, 2.05) is 0 Å². The summed E-state index contributed by atoms with van der Waals surface area (Å²) in [6.07, 6.45) is 3.53. The van der Waals surface area contributed by atoms with Crippen molar-refractivity contribution in [2.24, 2.45) is 4.99 Å². The Hall–Kier alpha value is -1.58. The minimum atomic E-state index is -0.851. The van der Waals surface area contributed by atoms with E-state index in [4.69, 9.17) is 16.3 Å². The van der Waals surface area contributed by atoms with Crippen molar-refractivity contribution in [1.29, 1.82) is 0 Å². The van der Waals surface area contributed by atoms with Crippen LogP contribution in [0.2, 0.25) is 5.02 Å². The SMILES string of the molecule is COc1c(O)c(C2(N=C=O)CCC2)cc(Cl)c1F. The first kappa shape index (κ1) is 12.9. The van der Waals surface area contributed by atoms with Gasteiger partial charge in [0.25, 0.3) is 0 Å². The third kappa shape index (κ3) is 1.76. The molecule has 4 nitrogen and oxygen atoms in total. The van der Waals surface area contributed by atoms with Crippen LogP contribution in [0.3, 0.4) is 0 Å². The zero-order valence-corrected chi connectivity index (χ0v) is 10.4. The molecule has 96 valence electrons. The van der Waals surface area contributed by atoms with Crippen molar-refractivity contribution in [2.45, 2.75) is 24.8 Å². The van der Waals surface area contributed by atoms with Gasteiger partial charge < -0.3 is 9.84 Å². The fourth-order valence-corrected chi connectivity index (χ4v) is 2.37. The number of halogens is 2. The van der Waals surface area contributed by atoms with Crippen molar-refractivity contribution in [2.75, 3.05) is 7.11 Å². The molecule has 0 atom stereocenters. The van der Waals surface area contributed by atoms with Crippen LogP contribution in [0.25, 0.3) is 0 Å². The standard InChI is InChI=1S/C12H11ClFNO3/c1-18-11-9(14)8(13)5-7(10(11)17)12(15-6-16)3-2-4-12/h5,17H,2-4H2,1H3. The van der Waals surface area contributed by atoms with Crippen LogP contribution in [0.5, 0.6) is 11.5 Å². The number of phenolic OH excluding ortho intramolecular Hbond substituents is 1. The molecule has 6 heteroatoms. The normalized spacial score (nSPS) is 16.6. The number of aromatic hydroxyl groups is 1. The zero-order valence-electron chi connectivity index (χ0n) is 9.67. The van der Waals surface area contributed by atoms with Crippen molar-refractivity contribution in [1.82, 2.24) is 0 Å². The molecular weight excluding hydrogens is 261 g/mol. The first-order valence-corrected chi connectivity index (χ1v) is 5.78. The molecule has 1 aliphatic rings. The highest BCUT2D eigenvalue weighted by atomic mass is 35.5. The fourth-order valence-electron chi connectivity index (χ4n) is 2.17. The van der Waals surface area contributed by atoms with Crippen LogP contribution in [0, 0.1) is 5.82 Å². The molecule has 0 aliphatic heterocycles. The van der Waals surface area contributed by atoms with Gasteiger partial charge in [0.15, 0.2) is 17.3 Å². The van der Waals surface area contributed by atoms with Gasteiger partial charge in [-0.2, -0.15) is 4.99 Å². The summed E-state index contributed by atoms with van der Waals surface area (Å²) in [5, 5.41) is 9.83. The second-order valence-electron chi connectivity index (χ2n) is 4.19. The maximum Gasteiger partial charge on any atom is 0.235 e. The Morgan fingerprint density at radius 3 is 2.72 bits per heavy atom. The van der Waals surface area contributed by atoms with Gasteiger partial charge >= 0.3 is 0 Å². The molecule has 1 aliphatic carbocycles. The van der Waals surface area contributed by atoms with Crippen LogP contribution in [0.1, 0.15) is 24.8 Å². The Morgan fingerprint density at radius 1 is 1.61 bits per heavy atom. The third-order valence-corrected chi connectivity index (χ3v) is 3.57. The van der Waals surface area contributed by atoms with Crippen LogP contribution in [0.15, 0.2) is 11.1 Å². The Labute approximate surface area is 108 Å². The van der Waals surface area contributed by atoms with Gasteiger partial charge in [0, 0.05) is 5.56 Å². The van der Waals surface area contributed by atoms with E-state index in [2.05, 4.69) is 4.99 Å². The number of hydrogen-bond donors (Lipinski definition) is 1. The van der Waals surface area contributed by atoms with E-state index in [-0.39, 0.29) is 16.5 Å². The average molecular weight is 272 g/mol. The molecular formula is C12H11ClFNO3. The lowest BCUT2D eigenvalue weighted by Gasteiger charge is -2.37. The number of benzene rings is 1. The van der Waals surface area contributed by atoms with Gasteiger partial charge in [0.1, 0.15) is 5.54 Å². The molecule has 1 saturated carbocycles. The average Bonchev–Trinajstić information content (AvgIpc) is 2.30. The van der Waals surface area contributed by atoms with E-state index < -0.39 is 11.4 Å². The van der Waals surface area contributed by atoms with E-state index in [9.17, 15) is 14.3 Å². The number of hydrogen-bond acceptors (Lipinski definition) is 4. The maximum atomic E-state index is 13.6. The first-order valence-electron chi connectivity index (χ1n) is 5.40. The number of phenols is 1. The van der Waals surface area contributed by atoms with E-state index in [1.54, 1.807) is 0 Å². The van der Waals surface area contributed by atoms with E-state index in [0.29, 0.717) is 18.4 Å². The number of ether oxygens (including phenoxy) is 1. The minimum Gasteiger partial charge on any atom is -0.504 e. The highest BCUT2D eigenvalue weighted by Crippen LogP contribution is 2.51. The van der Waals surface area contributed by atoms with Gasteiger partial charge in [-0.15, -0.1) is 0 Å². The van der Waals surface area contributed by atoms with E-state index >= 15 is 0 Å². The van der Waals surface area contributed by atoms with Crippen molar-refractivity contribution >= 4 is 17.7 Å². The minimum absolute atomic E-state index is 0.174. The summed E-state index contributed by atoms with van der Waals surface area (Å²) < 4.78 is 18.4. The molecule has 1 aromatic carbocycles. The summed E-state index contributed by atoms with van der Waals surface area (Å²) in [5.41, 5.74) is -0.545. The van der Waals surface area contributed by atoms with Gasteiger partial charge in [0.05, 0.1) is 12.1 Å². The van der Waals surface area contributed by atoms with Gasteiger partial charge in [-0.05, 0) is 25.3 Å². The first-order chi connectivity index (χ1) is 8.55. The summed E-state index contributed by atoms with van der Waals surface area (Å²) in [7, 11) is 1.23. The fraction of sp³-hybridized carbons (Fsp3) is 0.417. The lowest BCUT2D eigenvalue weighted by Crippen LogP contribution is -2.32. The summed E-state index contributed by atoms with van der Waals surface area (Å²) in [4.78, 5) is 14.2. The summed E-state index contributed by atoms with van der Waals surface area (Å²) in [5.74, 6) is -1.52. The molecule has 0 amide bonds. The Kier molecular flexibility index (Phi) is 3.28. The van der Waals surface area contributed by atoms with Crippen LogP contribution in [0.4, 0.5) is 4.39 Å². The molecule has 2 rings (SSSR count). The van der Waals surface area contributed by atoms with Crippen molar-refractivity contribution in [3.05, 3.63) is 22.5 Å². The molecule has 1 N–H and O–H groups in total. The molecule has 1 aromatic rings. The Bertz CT molecular complexity index is 537. The number of rotatable bonds is 3. The summed E-state index contributed by atoms with van der Waals surface area (Å²) >= 11 is 5.75. The van der Waals surface area contributed by atoms with Gasteiger partial charge in [-0.25, -0.2) is 9.18 Å². The molecule has 0 spiro atoms. The highest BCUT2D eigenvalue weighted by molar-refractivity contribution is 6.31. The summed E-state index contributed by atoms with van der Waals surface area (Å²) in [6, 6.07) is 1.29. The summed E-state index contributed by atoms with van der Waals surface area (Å²) in [6.45, 7) is 0. The topological polar surface area (TPSA) is 58.9 Å². The quantitative estimate of drug-likeness (QED) is 0.679. The molecule has 0 saturated heterocycles. The molecule has 18 heavy (non-hydrogen) atoms. The zero-order chi connectivity index (χ0) is 13.3. The molecule has 0 heterocycles. The number of carbonyl (C=O) groups excluding carboxylic acids is 1. The molecule has 1 fully saturated rings. The molecule has 0 unspecified atom stereocenters. The second kappa shape index (κ2) is 4.59. The van der Waals surface area contributed by atoms with Crippen molar-refractivity contribution < 1.29 is 19.0 Å². The van der Waals surface area contributed by atoms with Crippen molar-refractivity contribution in [3.63, 3.8) is 0 Å². The van der Waals surface area contributed by atoms with Crippen molar-refractivity contribution in [3.8, 4) is 11.5 Å². The molecule has 0 radical (unpaired) electrons. The Morgan fingerprint density at radius 2 is 2.28 bits per heavy atom. The number of methoxy groups -OCH3 is 1. The number of nitrogens with zero attached hydrogens (tertiary/aromatic N) is 1. The van der Waals surface area contributed by atoms with Crippen LogP contribution >= 0.6 is 11.6 Å². The van der Waals surface area contributed by atoms with E-state index in [0.717, 1.165) is 6.42 Å². The van der Waals surface area contributed by atoms with E-state index in [1.165, 1.54) is 19.3 Å². The number of aliphatic imine (C=N–C) groups is 1. The van der Waals surface area contributed by atoms with Gasteiger partial charge in [-0.3, -0.25) is 0 Å². The predicted octanol–water partition coefficient (Wildman–Crippen LogP) is 2.91. The van der Waals surface area contributed by atoms with Crippen LogP contribution in [-0.2, 0) is 10.3 Å². The molecule has 0 bridgehead atoms. The highest BCUT2D eigenvalue weighted by Gasteiger charge is 2.42. The number of isocyanates is 1. The lowest BCUT2D eigenvalue weighted by molar-refractivity contribution is 0.243. The van der Waals surface area contributed by atoms with Gasteiger partial charge in [0.2, 0.25) is 6.08 Å². The molecule has 0 aromatic heterocycles. The van der Waals surface area contributed by atoms with Gasteiger partial charge in [-0.1, -0.05) is 11.6 Å². The predicted molar refractivity (Wildman–Crippen MR) is 63.3 cm³/mol. The van der Waals surface area contributed by atoms with Crippen LogP contribution in [-0.4, -0.2) is 18.3 Å². The third-order valence-electron chi connectivity index (χ3n) is 3.30. The second-order valence-corrected chi connectivity index (χ2v) is 4.60. The maximum absolute atomic E-state index is 13.6. The monoisotopic (exact) mass is 271 g/mol.